The van der Waals surface area contributed by atoms with Crippen LogP contribution in [0.1, 0.15) is 45.4 Å². The minimum atomic E-state index is -0.846. The van der Waals surface area contributed by atoms with Crippen molar-refractivity contribution >= 4 is 52.3 Å². The minimum absolute atomic E-state index is 0.0389. The van der Waals surface area contributed by atoms with Gasteiger partial charge in [0.1, 0.15) is 0 Å². The van der Waals surface area contributed by atoms with Gasteiger partial charge < -0.3 is 10.6 Å². The second-order valence-electron chi connectivity index (χ2n) is 6.45. The van der Waals surface area contributed by atoms with Crippen LogP contribution in [0.3, 0.4) is 0 Å². The van der Waals surface area contributed by atoms with Crippen LogP contribution in [0.2, 0.25) is 10.0 Å². The number of nitrogens with one attached hydrogen (secondary N) is 3. The van der Waals surface area contributed by atoms with Gasteiger partial charge in [0.2, 0.25) is 5.91 Å². The van der Waals surface area contributed by atoms with Crippen LogP contribution >= 0.6 is 23.2 Å². The Morgan fingerprint density at radius 1 is 1.11 bits per heavy atom. The van der Waals surface area contributed by atoms with Crippen molar-refractivity contribution in [3.63, 3.8) is 0 Å². The molecule has 1 aliphatic carbocycles. The predicted molar refractivity (Wildman–Crippen MR) is 106 cm³/mol. The van der Waals surface area contributed by atoms with Gasteiger partial charge in [0.15, 0.2) is 0 Å². The van der Waals surface area contributed by atoms with Crippen LogP contribution in [0.4, 0.5) is 5.69 Å². The van der Waals surface area contributed by atoms with E-state index in [0.29, 0.717) is 21.4 Å². The van der Waals surface area contributed by atoms with Gasteiger partial charge in [-0.2, -0.15) is 5.10 Å². The molecule has 146 valence electrons. The average molecular weight is 413 g/mol. The molecule has 27 heavy (non-hydrogen) atoms. The smallest absolute Gasteiger partial charge is 0.329 e. The van der Waals surface area contributed by atoms with E-state index >= 15 is 0 Å². The molecule has 3 N–H and O–H groups in total. The van der Waals surface area contributed by atoms with Crippen LogP contribution in [-0.2, 0) is 14.4 Å². The lowest BCUT2D eigenvalue weighted by atomic mass is 9.95. The third kappa shape index (κ3) is 7.19. The minimum Gasteiger partial charge on any atom is -0.345 e. The van der Waals surface area contributed by atoms with E-state index in [4.69, 9.17) is 23.2 Å². The summed E-state index contributed by atoms with van der Waals surface area (Å²) in [5.41, 5.74) is 2.94. The Morgan fingerprint density at radius 2 is 1.81 bits per heavy atom. The average Bonchev–Trinajstić information content (AvgIpc) is 2.62. The molecule has 9 heteroatoms. The quantitative estimate of drug-likeness (QED) is 0.393. The van der Waals surface area contributed by atoms with E-state index in [-0.39, 0.29) is 18.4 Å². The molecule has 1 fully saturated rings. The lowest BCUT2D eigenvalue weighted by Gasteiger charge is -2.22. The standard InChI is InChI=1S/C18H22Cl2N4O3/c1-11(9-16(25)22-15-8-7-12(19)10-14(15)20)23-24-18(27)17(26)21-13-5-3-2-4-6-13/h7-8,10,13H,2-6,9H2,1H3,(H,21,26)(H,22,25)(H,24,27)/b23-11+. The maximum atomic E-state index is 12.0. The number of carbonyl (C=O) groups excluding carboxylic acids is 3. The van der Waals surface area contributed by atoms with Gasteiger partial charge in [0.05, 0.1) is 17.1 Å². The van der Waals surface area contributed by atoms with Crippen molar-refractivity contribution in [1.29, 1.82) is 0 Å². The fraction of sp³-hybridized carbons (Fsp3) is 0.444. The van der Waals surface area contributed by atoms with E-state index in [0.717, 1.165) is 32.1 Å². The monoisotopic (exact) mass is 412 g/mol. The number of anilines is 1. The van der Waals surface area contributed by atoms with Crippen LogP contribution in [0.15, 0.2) is 23.3 Å². The molecule has 0 bridgehead atoms. The molecule has 1 saturated carbocycles. The number of hydrogen-bond donors (Lipinski definition) is 3. The van der Waals surface area contributed by atoms with E-state index in [1.807, 2.05) is 0 Å². The van der Waals surface area contributed by atoms with E-state index in [9.17, 15) is 14.4 Å². The molecule has 0 atom stereocenters. The zero-order valence-corrected chi connectivity index (χ0v) is 16.5. The molecule has 0 saturated heterocycles. The number of halogens is 2. The predicted octanol–water partition coefficient (Wildman–Crippen LogP) is 3.26. The molecular formula is C18H22Cl2N4O3. The van der Waals surface area contributed by atoms with Crippen LogP contribution in [0.5, 0.6) is 0 Å². The van der Waals surface area contributed by atoms with Crippen LogP contribution in [0, 0.1) is 0 Å². The van der Waals surface area contributed by atoms with Gasteiger partial charge in [0, 0.05) is 16.8 Å². The Hall–Kier alpha value is -2.12. The number of nitrogens with zero attached hydrogens (tertiary/aromatic N) is 1. The first-order valence-corrected chi connectivity index (χ1v) is 9.49. The van der Waals surface area contributed by atoms with Gasteiger partial charge in [0.25, 0.3) is 0 Å². The van der Waals surface area contributed by atoms with Gasteiger partial charge in [-0.3, -0.25) is 14.4 Å². The number of hydrazone groups is 1. The Bertz CT molecular complexity index is 746. The zero-order valence-electron chi connectivity index (χ0n) is 15.0. The van der Waals surface area contributed by atoms with Crippen LogP contribution < -0.4 is 16.1 Å². The molecule has 0 aliphatic heterocycles. The van der Waals surface area contributed by atoms with Crippen LogP contribution in [0.25, 0.3) is 0 Å². The third-order valence-corrected chi connectivity index (χ3v) is 4.66. The second kappa shape index (κ2) is 10.3. The van der Waals surface area contributed by atoms with Gasteiger partial charge in [-0.1, -0.05) is 42.5 Å². The molecule has 0 aromatic heterocycles. The first-order valence-electron chi connectivity index (χ1n) is 8.74. The van der Waals surface area contributed by atoms with Gasteiger partial charge >= 0.3 is 11.8 Å². The lowest BCUT2D eigenvalue weighted by molar-refractivity contribution is -0.139. The first kappa shape index (κ1) is 21.2. The van der Waals surface area contributed by atoms with Crippen molar-refractivity contribution in [2.24, 2.45) is 5.10 Å². The zero-order chi connectivity index (χ0) is 19.8. The highest BCUT2D eigenvalue weighted by Crippen LogP contribution is 2.25. The van der Waals surface area contributed by atoms with E-state index in [1.165, 1.54) is 6.07 Å². The van der Waals surface area contributed by atoms with Crippen molar-refractivity contribution in [2.75, 3.05) is 5.32 Å². The highest BCUT2D eigenvalue weighted by Gasteiger charge is 2.20. The number of benzene rings is 1. The highest BCUT2D eigenvalue weighted by molar-refractivity contribution is 6.37. The largest absolute Gasteiger partial charge is 0.345 e. The normalized spacial score (nSPS) is 15.1. The molecule has 3 amide bonds. The maximum Gasteiger partial charge on any atom is 0.329 e. The number of rotatable bonds is 5. The molecule has 1 aromatic carbocycles. The summed E-state index contributed by atoms with van der Waals surface area (Å²) in [6.45, 7) is 1.57. The van der Waals surface area contributed by atoms with Crippen molar-refractivity contribution in [3.05, 3.63) is 28.2 Å². The van der Waals surface area contributed by atoms with Gasteiger partial charge in [-0.25, -0.2) is 5.43 Å². The molecule has 1 aromatic rings. The van der Waals surface area contributed by atoms with E-state index in [2.05, 4.69) is 21.2 Å². The fourth-order valence-electron chi connectivity index (χ4n) is 2.75. The van der Waals surface area contributed by atoms with E-state index < -0.39 is 11.8 Å². The van der Waals surface area contributed by atoms with Crippen LogP contribution in [-0.4, -0.2) is 29.5 Å². The Kier molecular flexibility index (Phi) is 8.06. The van der Waals surface area contributed by atoms with E-state index in [1.54, 1.807) is 19.1 Å². The molecule has 0 radical (unpaired) electrons. The Morgan fingerprint density at radius 3 is 2.48 bits per heavy atom. The number of hydrogen-bond acceptors (Lipinski definition) is 4. The fourth-order valence-corrected chi connectivity index (χ4v) is 3.21. The summed E-state index contributed by atoms with van der Waals surface area (Å²) in [7, 11) is 0. The SMILES string of the molecule is C/C(CC(=O)Nc1ccc(Cl)cc1Cl)=N\NC(=O)C(=O)NC1CCCCC1. The molecule has 0 heterocycles. The number of amides is 3. The number of carbonyl (C=O) groups is 3. The third-order valence-electron chi connectivity index (χ3n) is 4.12. The molecule has 0 spiro atoms. The van der Waals surface area contributed by atoms with Gasteiger partial charge in [-0.05, 0) is 38.0 Å². The summed E-state index contributed by atoms with van der Waals surface area (Å²) in [5.74, 6) is -1.92. The summed E-state index contributed by atoms with van der Waals surface area (Å²) in [5, 5.41) is 9.91. The topological polar surface area (TPSA) is 99.7 Å². The maximum absolute atomic E-state index is 12.0. The summed E-state index contributed by atoms with van der Waals surface area (Å²) in [4.78, 5) is 35.7. The Balaban J connectivity index is 1.79. The molecule has 0 unspecified atom stereocenters. The summed E-state index contributed by atoms with van der Waals surface area (Å²) < 4.78 is 0. The Labute approximate surface area is 167 Å². The van der Waals surface area contributed by atoms with Crippen molar-refractivity contribution in [1.82, 2.24) is 10.7 Å². The molecule has 1 aliphatic rings. The van der Waals surface area contributed by atoms with Gasteiger partial charge in [-0.15, -0.1) is 0 Å². The first-order chi connectivity index (χ1) is 12.8. The van der Waals surface area contributed by atoms with Crippen molar-refractivity contribution < 1.29 is 14.4 Å². The van der Waals surface area contributed by atoms with Crippen molar-refractivity contribution in [3.8, 4) is 0 Å². The summed E-state index contributed by atoms with van der Waals surface area (Å²) in [6, 6.07) is 4.75. The highest BCUT2D eigenvalue weighted by atomic mass is 35.5. The molecule has 2 rings (SSSR count). The molecular weight excluding hydrogens is 391 g/mol. The molecule has 7 nitrogen and oxygen atoms in total. The summed E-state index contributed by atoms with van der Waals surface area (Å²) in [6.07, 6.45) is 4.96. The van der Waals surface area contributed by atoms with Crippen molar-refractivity contribution in [2.45, 2.75) is 51.5 Å². The lowest BCUT2D eigenvalue weighted by Crippen LogP contribution is -2.44. The summed E-state index contributed by atoms with van der Waals surface area (Å²) >= 11 is 11.8. The second-order valence-corrected chi connectivity index (χ2v) is 7.29.